The van der Waals surface area contributed by atoms with Crippen LogP contribution in [0.15, 0.2) is 69.8 Å². The van der Waals surface area contributed by atoms with Crippen LogP contribution in [-0.4, -0.2) is 22.1 Å². The van der Waals surface area contributed by atoms with Crippen molar-refractivity contribution in [1.29, 1.82) is 0 Å². The molecule has 0 bridgehead atoms. The highest BCUT2D eigenvalue weighted by atomic mass is 35.5. The molecule has 1 aliphatic heterocycles. The zero-order valence-corrected chi connectivity index (χ0v) is 17.9. The first-order chi connectivity index (χ1) is 14.5. The number of fused-ring (bicyclic) bond motifs is 1. The van der Waals surface area contributed by atoms with Gasteiger partial charge in [-0.3, -0.25) is 14.3 Å². The normalized spacial score (nSPS) is 16.2. The van der Waals surface area contributed by atoms with Gasteiger partial charge in [-0.25, -0.2) is 9.79 Å². The minimum absolute atomic E-state index is 0.219. The number of hydrogen-bond acceptors (Lipinski definition) is 6. The molecule has 1 aliphatic rings. The monoisotopic (exact) mass is 439 g/mol. The number of esters is 1. The van der Waals surface area contributed by atoms with Gasteiger partial charge in [-0.15, -0.1) is 0 Å². The third-order valence-corrected chi connectivity index (χ3v) is 6.03. The summed E-state index contributed by atoms with van der Waals surface area (Å²) in [4.78, 5) is 35.3. The summed E-state index contributed by atoms with van der Waals surface area (Å²) < 4.78 is 7.29. The van der Waals surface area contributed by atoms with Crippen molar-refractivity contribution in [1.82, 2.24) is 9.55 Å². The van der Waals surface area contributed by atoms with E-state index in [0.717, 1.165) is 5.56 Å². The maximum Gasteiger partial charge on any atom is 0.338 e. The van der Waals surface area contributed by atoms with Crippen LogP contribution in [0.4, 0.5) is 0 Å². The number of thiazole rings is 1. The van der Waals surface area contributed by atoms with Crippen molar-refractivity contribution in [3.8, 4) is 0 Å². The molecule has 152 valence electrons. The lowest BCUT2D eigenvalue weighted by molar-refractivity contribution is -0.139. The number of carbonyl (C=O) groups excluding carboxylic acids is 1. The average Bonchev–Trinajstić information content (AvgIpc) is 3.03. The predicted octanol–water partition coefficient (Wildman–Crippen LogP) is 2.85. The Morgan fingerprint density at radius 1 is 1.30 bits per heavy atom. The number of pyridine rings is 1. The van der Waals surface area contributed by atoms with Crippen molar-refractivity contribution < 1.29 is 9.53 Å². The number of ether oxygens (including phenoxy) is 1. The Bertz CT molecular complexity index is 1330. The van der Waals surface area contributed by atoms with Gasteiger partial charge in [0, 0.05) is 17.4 Å². The van der Waals surface area contributed by atoms with E-state index < -0.39 is 12.0 Å². The molecule has 0 saturated carbocycles. The van der Waals surface area contributed by atoms with E-state index in [9.17, 15) is 9.59 Å². The van der Waals surface area contributed by atoms with Crippen LogP contribution >= 0.6 is 22.9 Å². The summed E-state index contributed by atoms with van der Waals surface area (Å²) in [7, 11) is 0. The third-order valence-electron chi connectivity index (χ3n) is 4.70. The van der Waals surface area contributed by atoms with Crippen molar-refractivity contribution >= 4 is 35.0 Å². The van der Waals surface area contributed by atoms with Crippen molar-refractivity contribution in [2.75, 3.05) is 6.61 Å². The number of allylic oxidation sites excluding steroid dienone is 1. The highest BCUT2D eigenvalue weighted by Crippen LogP contribution is 2.34. The molecule has 3 aromatic rings. The second-order valence-electron chi connectivity index (χ2n) is 6.61. The van der Waals surface area contributed by atoms with E-state index in [1.807, 2.05) is 18.2 Å². The molecular weight excluding hydrogens is 422 g/mol. The van der Waals surface area contributed by atoms with Crippen LogP contribution in [0.2, 0.25) is 5.02 Å². The van der Waals surface area contributed by atoms with Crippen molar-refractivity contribution in [3.05, 3.63) is 95.9 Å². The number of aromatic nitrogens is 2. The van der Waals surface area contributed by atoms with Crippen LogP contribution in [0.5, 0.6) is 0 Å². The lowest BCUT2D eigenvalue weighted by Crippen LogP contribution is -2.40. The van der Waals surface area contributed by atoms with Gasteiger partial charge >= 0.3 is 5.97 Å². The fraction of sp³-hybridized carbons (Fsp3) is 0.182. The second-order valence-corrected chi connectivity index (χ2v) is 8.03. The summed E-state index contributed by atoms with van der Waals surface area (Å²) >= 11 is 7.74. The Morgan fingerprint density at radius 3 is 2.80 bits per heavy atom. The van der Waals surface area contributed by atoms with Crippen LogP contribution < -0.4 is 14.9 Å². The molecule has 0 radical (unpaired) electrons. The number of halogens is 1. The van der Waals surface area contributed by atoms with Crippen molar-refractivity contribution in [2.24, 2.45) is 4.99 Å². The van der Waals surface area contributed by atoms with E-state index in [-0.39, 0.29) is 12.2 Å². The SMILES string of the molecule is CCOC(=O)C1=C(C)N=c2sc(=Cc3cccnc3)c(=O)n2C1c1ccccc1Cl. The summed E-state index contributed by atoms with van der Waals surface area (Å²) in [6.45, 7) is 3.70. The van der Waals surface area contributed by atoms with E-state index in [4.69, 9.17) is 16.3 Å². The third kappa shape index (κ3) is 3.62. The quantitative estimate of drug-likeness (QED) is 0.586. The van der Waals surface area contributed by atoms with Crippen molar-refractivity contribution in [2.45, 2.75) is 19.9 Å². The first kappa shape index (κ1) is 20.3. The van der Waals surface area contributed by atoms with E-state index in [1.54, 1.807) is 50.5 Å². The van der Waals surface area contributed by atoms with Gasteiger partial charge in [0.05, 0.1) is 22.4 Å². The average molecular weight is 440 g/mol. The van der Waals surface area contributed by atoms with Gasteiger partial charge in [-0.1, -0.05) is 47.2 Å². The second kappa shape index (κ2) is 8.38. The molecule has 1 aromatic carbocycles. The Hall–Kier alpha value is -3.03. The van der Waals surface area contributed by atoms with Gasteiger partial charge < -0.3 is 4.74 Å². The zero-order valence-electron chi connectivity index (χ0n) is 16.3. The molecule has 30 heavy (non-hydrogen) atoms. The minimum Gasteiger partial charge on any atom is -0.463 e. The molecule has 0 aliphatic carbocycles. The molecule has 4 rings (SSSR count). The van der Waals surface area contributed by atoms with Gasteiger partial charge in [0.25, 0.3) is 5.56 Å². The highest BCUT2D eigenvalue weighted by molar-refractivity contribution is 7.07. The topological polar surface area (TPSA) is 73.6 Å². The van der Waals surface area contributed by atoms with Crippen LogP contribution in [0.1, 0.15) is 31.0 Å². The maximum absolute atomic E-state index is 13.4. The molecule has 0 saturated heterocycles. The maximum atomic E-state index is 13.4. The summed E-state index contributed by atoms with van der Waals surface area (Å²) in [5.74, 6) is -0.509. The lowest BCUT2D eigenvalue weighted by atomic mass is 9.96. The first-order valence-electron chi connectivity index (χ1n) is 9.35. The molecule has 0 N–H and O–H groups in total. The van der Waals surface area contributed by atoms with Crippen LogP contribution in [-0.2, 0) is 9.53 Å². The molecule has 1 atom stereocenters. The summed E-state index contributed by atoms with van der Waals surface area (Å²) in [6, 6.07) is 10.1. The number of nitrogens with zero attached hydrogens (tertiary/aromatic N) is 3. The molecule has 2 aromatic heterocycles. The van der Waals surface area contributed by atoms with E-state index in [0.29, 0.717) is 31.2 Å². The number of benzene rings is 1. The fourth-order valence-corrected chi connectivity index (χ4v) is 4.68. The molecule has 0 amide bonds. The highest BCUT2D eigenvalue weighted by Gasteiger charge is 2.34. The van der Waals surface area contributed by atoms with Gasteiger partial charge in [0.15, 0.2) is 4.80 Å². The summed E-state index contributed by atoms with van der Waals surface area (Å²) in [5, 5.41) is 0.459. The molecule has 8 heteroatoms. The van der Waals surface area contributed by atoms with Crippen LogP contribution in [0.3, 0.4) is 0 Å². The smallest absolute Gasteiger partial charge is 0.338 e. The molecule has 6 nitrogen and oxygen atoms in total. The Labute approximate surface area is 181 Å². The van der Waals surface area contributed by atoms with Gasteiger partial charge in [0.1, 0.15) is 6.04 Å². The standard InChI is InChI=1S/C22H18ClN3O3S/c1-3-29-21(28)18-13(2)25-22-26(19(18)15-8-4-5-9-16(15)23)20(27)17(30-22)11-14-7-6-10-24-12-14/h4-12,19H,3H2,1-2H3. The molecule has 3 heterocycles. The summed E-state index contributed by atoms with van der Waals surface area (Å²) in [5.41, 5.74) is 2.02. The lowest BCUT2D eigenvalue weighted by Gasteiger charge is -2.25. The number of hydrogen-bond donors (Lipinski definition) is 0. The van der Waals surface area contributed by atoms with E-state index in [1.165, 1.54) is 15.9 Å². The van der Waals surface area contributed by atoms with Gasteiger partial charge in [-0.05, 0) is 43.2 Å². The Balaban J connectivity index is 1.99. The largest absolute Gasteiger partial charge is 0.463 e. The number of rotatable bonds is 4. The number of carbonyl (C=O) groups is 1. The van der Waals surface area contributed by atoms with E-state index in [2.05, 4.69) is 9.98 Å². The summed E-state index contributed by atoms with van der Waals surface area (Å²) in [6.07, 6.45) is 5.12. The molecule has 0 spiro atoms. The van der Waals surface area contributed by atoms with Crippen LogP contribution in [0, 0.1) is 0 Å². The van der Waals surface area contributed by atoms with E-state index >= 15 is 0 Å². The minimum atomic E-state index is -0.718. The van der Waals surface area contributed by atoms with Crippen LogP contribution in [0.25, 0.3) is 6.08 Å². The zero-order chi connectivity index (χ0) is 21.3. The fourth-order valence-electron chi connectivity index (χ4n) is 3.40. The molecule has 0 fully saturated rings. The Kier molecular flexibility index (Phi) is 5.65. The van der Waals surface area contributed by atoms with Crippen molar-refractivity contribution in [3.63, 3.8) is 0 Å². The Morgan fingerprint density at radius 2 is 2.10 bits per heavy atom. The van der Waals surface area contributed by atoms with Gasteiger partial charge in [-0.2, -0.15) is 0 Å². The first-order valence-corrected chi connectivity index (χ1v) is 10.5. The molecule has 1 unspecified atom stereocenters. The predicted molar refractivity (Wildman–Crippen MR) is 116 cm³/mol. The molecular formula is C22H18ClN3O3S. The van der Waals surface area contributed by atoms with Gasteiger partial charge in [0.2, 0.25) is 0 Å².